The number of benzene rings is 2. The first-order valence-corrected chi connectivity index (χ1v) is 8.20. The minimum absolute atomic E-state index is 0.260. The smallest absolute Gasteiger partial charge is 0.244 e. The molecule has 0 unspecified atom stereocenters. The molecule has 0 radical (unpaired) electrons. The van der Waals surface area contributed by atoms with E-state index in [1.54, 1.807) is 24.4 Å². The first kappa shape index (κ1) is 16.8. The minimum atomic E-state index is -0.260. The lowest BCUT2D eigenvalue weighted by Crippen LogP contribution is -2.08. The number of halogens is 1. The van der Waals surface area contributed by atoms with Gasteiger partial charge in [-0.2, -0.15) is 10.1 Å². The fourth-order valence-electron chi connectivity index (χ4n) is 2.58. The molecule has 0 atom stereocenters. The molecule has 1 heterocycles. The van der Waals surface area contributed by atoms with Gasteiger partial charge in [-0.3, -0.25) is 0 Å². The molecule has 0 saturated carbocycles. The number of anilines is 3. The standard InChI is InChI=1S/C19H20FN5/c1-3-14-9-6-7-13(2)18(14)23-17-12-22-25-19(24-17)21-11-15-8-4-5-10-16(15)20/h4-10,12H,3,11H2,1-2H3,(H2,21,23,24,25). The number of hydrogen-bond acceptors (Lipinski definition) is 5. The van der Waals surface area contributed by atoms with Gasteiger partial charge < -0.3 is 10.6 Å². The van der Waals surface area contributed by atoms with E-state index in [1.165, 1.54) is 11.6 Å². The Bertz CT molecular complexity index is 866. The summed E-state index contributed by atoms with van der Waals surface area (Å²) < 4.78 is 13.7. The first-order chi connectivity index (χ1) is 12.2. The minimum Gasteiger partial charge on any atom is -0.349 e. The Hall–Kier alpha value is -3.02. The zero-order valence-corrected chi connectivity index (χ0v) is 14.3. The summed E-state index contributed by atoms with van der Waals surface area (Å²) in [6.07, 6.45) is 2.49. The highest BCUT2D eigenvalue weighted by Gasteiger charge is 2.07. The van der Waals surface area contributed by atoms with Crippen LogP contribution in [-0.4, -0.2) is 15.2 Å². The third-order valence-corrected chi connectivity index (χ3v) is 3.95. The van der Waals surface area contributed by atoms with Crippen molar-refractivity contribution < 1.29 is 4.39 Å². The van der Waals surface area contributed by atoms with Crippen LogP contribution in [0, 0.1) is 12.7 Å². The highest BCUT2D eigenvalue weighted by Crippen LogP contribution is 2.24. The predicted octanol–water partition coefficient (Wildman–Crippen LogP) is 4.24. The third-order valence-electron chi connectivity index (χ3n) is 3.95. The quantitative estimate of drug-likeness (QED) is 0.704. The fraction of sp³-hybridized carbons (Fsp3) is 0.211. The molecule has 3 aromatic rings. The summed E-state index contributed by atoms with van der Waals surface area (Å²) in [6.45, 7) is 4.45. The molecule has 0 amide bonds. The highest BCUT2D eigenvalue weighted by molar-refractivity contribution is 5.64. The lowest BCUT2D eigenvalue weighted by molar-refractivity contribution is 0.612. The van der Waals surface area contributed by atoms with E-state index in [4.69, 9.17) is 0 Å². The van der Waals surface area contributed by atoms with Crippen LogP contribution in [0.15, 0.2) is 48.7 Å². The molecule has 128 valence electrons. The number of nitrogens with zero attached hydrogens (tertiary/aromatic N) is 3. The molecular weight excluding hydrogens is 317 g/mol. The third kappa shape index (κ3) is 4.09. The van der Waals surface area contributed by atoms with E-state index in [-0.39, 0.29) is 5.82 Å². The Kier molecular flexibility index (Phi) is 5.18. The van der Waals surface area contributed by atoms with Crippen LogP contribution >= 0.6 is 0 Å². The zero-order valence-electron chi connectivity index (χ0n) is 14.3. The summed E-state index contributed by atoms with van der Waals surface area (Å²) >= 11 is 0. The molecule has 0 bridgehead atoms. The van der Waals surface area contributed by atoms with Crippen molar-refractivity contribution in [3.05, 3.63) is 71.2 Å². The monoisotopic (exact) mass is 337 g/mol. The molecular formula is C19H20FN5. The van der Waals surface area contributed by atoms with Gasteiger partial charge in [-0.15, -0.1) is 5.10 Å². The van der Waals surface area contributed by atoms with E-state index >= 15 is 0 Å². The van der Waals surface area contributed by atoms with Gasteiger partial charge in [0.2, 0.25) is 5.95 Å². The molecule has 2 N–H and O–H groups in total. The van der Waals surface area contributed by atoms with Crippen molar-refractivity contribution in [1.29, 1.82) is 0 Å². The van der Waals surface area contributed by atoms with Crippen molar-refractivity contribution in [1.82, 2.24) is 15.2 Å². The molecule has 3 rings (SSSR count). The highest BCUT2D eigenvalue weighted by atomic mass is 19.1. The normalized spacial score (nSPS) is 10.5. The van der Waals surface area contributed by atoms with Crippen molar-refractivity contribution in [3.63, 3.8) is 0 Å². The molecule has 0 aliphatic rings. The summed E-state index contributed by atoms with van der Waals surface area (Å²) in [5, 5.41) is 14.2. The Morgan fingerprint density at radius 2 is 1.84 bits per heavy atom. The number of hydrogen-bond donors (Lipinski definition) is 2. The molecule has 0 aliphatic carbocycles. The van der Waals surface area contributed by atoms with Crippen molar-refractivity contribution in [2.75, 3.05) is 10.6 Å². The van der Waals surface area contributed by atoms with E-state index in [2.05, 4.69) is 38.8 Å². The van der Waals surface area contributed by atoms with Crippen molar-refractivity contribution in [3.8, 4) is 0 Å². The zero-order chi connectivity index (χ0) is 17.6. The van der Waals surface area contributed by atoms with Crippen molar-refractivity contribution >= 4 is 17.5 Å². The number of rotatable bonds is 6. The fourth-order valence-corrected chi connectivity index (χ4v) is 2.58. The second-order valence-electron chi connectivity index (χ2n) is 5.70. The van der Waals surface area contributed by atoms with Gasteiger partial charge in [-0.25, -0.2) is 4.39 Å². The van der Waals surface area contributed by atoms with Crippen LogP contribution in [0.3, 0.4) is 0 Å². The molecule has 1 aromatic heterocycles. The molecule has 0 fully saturated rings. The van der Waals surface area contributed by atoms with E-state index < -0.39 is 0 Å². The lowest BCUT2D eigenvalue weighted by Gasteiger charge is -2.13. The summed E-state index contributed by atoms with van der Waals surface area (Å²) in [5.41, 5.74) is 3.93. The lowest BCUT2D eigenvalue weighted by atomic mass is 10.1. The molecule has 6 heteroatoms. The Balaban J connectivity index is 1.75. The van der Waals surface area contributed by atoms with Crippen LogP contribution in [0.2, 0.25) is 0 Å². The second kappa shape index (κ2) is 7.70. The van der Waals surface area contributed by atoms with E-state index in [9.17, 15) is 4.39 Å². The van der Waals surface area contributed by atoms with Crippen molar-refractivity contribution in [2.24, 2.45) is 0 Å². The predicted molar refractivity (Wildman–Crippen MR) is 97.4 cm³/mol. The van der Waals surface area contributed by atoms with Gasteiger partial charge in [-0.05, 0) is 30.5 Å². The van der Waals surface area contributed by atoms with Crippen LogP contribution in [0.1, 0.15) is 23.6 Å². The summed E-state index contributed by atoms with van der Waals surface area (Å²) in [5.74, 6) is 0.680. The molecule has 0 spiro atoms. The van der Waals surface area contributed by atoms with Gasteiger partial charge >= 0.3 is 0 Å². The van der Waals surface area contributed by atoms with E-state index in [0.717, 1.165) is 17.7 Å². The summed E-state index contributed by atoms with van der Waals surface area (Å²) in [4.78, 5) is 4.41. The summed E-state index contributed by atoms with van der Waals surface area (Å²) in [7, 11) is 0. The second-order valence-corrected chi connectivity index (χ2v) is 5.70. The van der Waals surface area contributed by atoms with Crippen molar-refractivity contribution in [2.45, 2.75) is 26.8 Å². The number of para-hydroxylation sites is 1. The average molecular weight is 337 g/mol. The molecule has 0 aliphatic heterocycles. The van der Waals surface area contributed by atoms with Gasteiger partial charge in [0.05, 0.1) is 6.20 Å². The van der Waals surface area contributed by atoms with Gasteiger partial charge in [0.25, 0.3) is 0 Å². The van der Waals surface area contributed by atoms with Crippen LogP contribution in [0.4, 0.5) is 21.8 Å². The number of nitrogens with one attached hydrogen (secondary N) is 2. The molecule has 2 aromatic carbocycles. The Labute approximate surface area is 146 Å². The maximum atomic E-state index is 13.7. The Morgan fingerprint density at radius 3 is 2.64 bits per heavy atom. The largest absolute Gasteiger partial charge is 0.349 e. The van der Waals surface area contributed by atoms with Crippen LogP contribution in [-0.2, 0) is 13.0 Å². The topological polar surface area (TPSA) is 62.7 Å². The van der Waals surface area contributed by atoms with Crippen LogP contribution < -0.4 is 10.6 Å². The SMILES string of the molecule is CCc1cccc(C)c1Nc1cnnc(NCc2ccccc2F)n1. The first-order valence-electron chi connectivity index (χ1n) is 8.20. The average Bonchev–Trinajstić information content (AvgIpc) is 2.63. The van der Waals surface area contributed by atoms with Gasteiger partial charge in [0, 0.05) is 17.8 Å². The van der Waals surface area contributed by atoms with Crippen LogP contribution in [0.5, 0.6) is 0 Å². The number of aryl methyl sites for hydroxylation is 2. The van der Waals surface area contributed by atoms with Gasteiger partial charge in [0.15, 0.2) is 5.82 Å². The van der Waals surface area contributed by atoms with E-state index in [0.29, 0.717) is 23.9 Å². The molecule has 5 nitrogen and oxygen atoms in total. The van der Waals surface area contributed by atoms with Crippen LogP contribution in [0.25, 0.3) is 0 Å². The molecule has 25 heavy (non-hydrogen) atoms. The summed E-state index contributed by atoms with van der Waals surface area (Å²) in [6, 6.07) is 12.8. The number of aromatic nitrogens is 3. The maximum Gasteiger partial charge on any atom is 0.244 e. The van der Waals surface area contributed by atoms with Gasteiger partial charge in [0.1, 0.15) is 5.82 Å². The van der Waals surface area contributed by atoms with Gasteiger partial charge in [-0.1, -0.05) is 43.3 Å². The molecule has 0 saturated heterocycles. The maximum absolute atomic E-state index is 13.7. The Morgan fingerprint density at radius 1 is 1.04 bits per heavy atom. The van der Waals surface area contributed by atoms with E-state index in [1.807, 2.05) is 19.1 Å².